The molecule has 0 aromatic heterocycles. The van der Waals surface area contributed by atoms with Crippen molar-refractivity contribution in [2.24, 2.45) is 0 Å². The van der Waals surface area contributed by atoms with Gasteiger partial charge in [-0.25, -0.2) is 0 Å². The lowest BCUT2D eigenvalue weighted by molar-refractivity contribution is 0.205. The van der Waals surface area contributed by atoms with Crippen molar-refractivity contribution in [3.8, 4) is 0 Å². The Kier molecular flexibility index (Phi) is 8.68. The van der Waals surface area contributed by atoms with Gasteiger partial charge in [0.25, 0.3) is 0 Å². The smallest absolute Gasteiger partial charge is 0.0848 e. The third kappa shape index (κ3) is 6.84. The normalized spacial score (nSPS) is 13.5. The quantitative estimate of drug-likeness (QED) is 0.482. The van der Waals surface area contributed by atoms with Gasteiger partial charge in [-0.05, 0) is 25.0 Å². The largest absolute Gasteiger partial charge is 0.388 e. The lowest BCUT2D eigenvalue weighted by Gasteiger charge is -2.14. The molecule has 19 heavy (non-hydrogen) atoms. The fourth-order valence-electron chi connectivity index (χ4n) is 1.86. The molecule has 1 aromatic carbocycles. The lowest BCUT2D eigenvalue weighted by atomic mass is 10.1. The average Bonchev–Trinajstić information content (AvgIpc) is 2.45. The van der Waals surface area contributed by atoms with Crippen LogP contribution in [0.4, 0.5) is 0 Å². The van der Waals surface area contributed by atoms with Crippen molar-refractivity contribution in [3.63, 3.8) is 0 Å². The maximum absolute atomic E-state index is 10.3. The Morgan fingerprint density at radius 3 is 2.47 bits per heavy atom. The van der Waals surface area contributed by atoms with E-state index in [9.17, 15) is 5.11 Å². The summed E-state index contributed by atoms with van der Waals surface area (Å²) in [6, 6.07) is 10.3. The summed E-state index contributed by atoms with van der Waals surface area (Å²) >= 11 is 1.71. The molecular weight excluding hydrogens is 252 g/mol. The molecule has 1 rings (SSSR count). The van der Waals surface area contributed by atoms with Crippen molar-refractivity contribution >= 4 is 11.8 Å². The van der Waals surface area contributed by atoms with Gasteiger partial charge in [0.15, 0.2) is 0 Å². The van der Waals surface area contributed by atoms with Gasteiger partial charge in [0, 0.05) is 9.80 Å². The zero-order valence-corrected chi connectivity index (χ0v) is 13.0. The van der Waals surface area contributed by atoms with Gasteiger partial charge in [-0.2, -0.15) is 0 Å². The van der Waals surface area contributed by atoms with Gasteiger partial charge in [0.05, 0.1) is 6.10 Å². The van der Waals surface area contributed by atoms with E-state index in [0.29, 0.717) is 0 Å². The number of unbranched alkanes of at least 4 members (excludes halogenated alkanes) is 3. The van der Waals surface area contributed by atoms with Crippen LogP contribution < -0.4 is 0 Å². The Bertz CT molecular complexity index is 359. The molecule has 0 bridgehead atoms. The maximum atomic E-state index is 10.3. The number of hydrogen-bond acceptors (Lipinski definition) is 2. The molecule has 0 amide bonds. The van der Waals surface area contributed by atoms with Crippen LogP contribution >= 0.6 is 11.8 Å². The van der Waals surface area contributed by atoms with E-state index < -0.39 is 0 Å². The molecule has 0 aliphatic rings. The van der Waals surface area contributed by atoms with Gasteiger partial charge in [0.2, 0.25) is 0 Å². The van der Waals surface area contributed by atoms with Crippen molar-refractivity contribution in [3.05, 3.63) is 41.3 Å². The van der Waals surface area contributed by atoms with Crippen LogP contribution in [-0.2, 0) is 0 Å². The molecule has 0 fully saturated rings. The summed E-state index contributed by atoms with van der Waals surface area (Å²) < 4.78 is 0. The lowest BCUT2D eigenvalue weighted by Crippen LogP contribution is -2.08. The number of rotatable bonds is 9. The van der Waals surface area contributed by atoms with Crippen LogP contribution in [-0.4, -0.2) is 11.2 Å². The van der Waals surface area contributed by atoms with Crippen LogP contribution in [0.2, 0.25) is 0 Å². The Morgan fingerprint density at radius 1 is 1.16 bits per heavy atom. The van der Waals surface area contributed by atoms with Crippen LogP contribution in [0, 0.1) is 0 Å². The van der Waals surface area contributed by atoms with Crippen molar-refractivity contribution < 1.29 is 5.11 Å². The molecule has 0 saturated heterocycles. The average molecular weight is 278 g/mol. The van der Waals surface area contributed by atoms with Gasteiger partial charge in [-0.3, -0.25) is 0 Å². The molecule has 0 aliphatic heterocycles. The van der Waals surface area contributed by atoms with E-state index in [0.717, 1.165) is 30.6 Å². The minimum atomic E-state index is -0.304. The number of thioether (sulfide) groups is 1. The van der Waals surface area contributed by atoms with Crippen molar-refractivity contribution in [1.29, 1.82) is 0 Å². The number of allylic oxidation sites excluding steroid dienone is 1. The second-order valence-corrected chi connectivity index (χ2v) is 5.97. The maximum Gasteiger partial charge on any atom is 0.0848 e. The minimum absolute atomic E-state index is 0.304. The second kappa shape index (κ2) is 10.1. The molecule has 0 heterocycles. The first-order chi connectivity index (χ1) is 9.27. The van der Waals surface area contributed by atoms with Crippen LogP contribution in [0.1, 0.15) is 52.4 Å². The fraction of sp³-hybridized carbons (Fsp3) is 0.529. The van der Waals surface area contributed by atoms with E-state index in [1.807, 2.05) is 18.2 Å². The molecule has 1 unspecified atom stereocenters. The number of aliphatic hydroxyl groups is 1. The van der Waals surface area contributed by atoms with Crippen LogP contribution in [0.3, 0.4) is 0 Å². The van der Waals surface area contributed by atoms with E-state index in [-0.39, 0.29) is 6.10 Å². The Hall–Kier alpha value is -0.730. The summed E-state index contributed by atoms with van der Waals surface area (Å²) in [5.74, 6) is 0. The summed E-state index contributed by atoms with van der Waals surface area (Å²) in [5.41, 5.74) is 0. The molecule has 0 aliphatic carbocycles. The Morgan fingerprint density at radius 2 is 1.84 bits per heavy atom. The fourth-order valence-corrected chi connectivity index (χ4v) is 2.88. The van der Waals surface area contributed by atoms with Crippen LogP contribution in [0.15, 0.2) is 46.2 Å². The molecule has 0 spiro atoms. The van der Waals surface area contributed by atoms with Crippen LogP contribution in [0.5, 0.6) is 0 Å². The molecule has 1 atom stereocenters. The summed E-state index contributed by atoms with van der Waals surface area (Å²) in [4.78, 5) is 2.33. The molecule has 0 saturated carbocycles. The molecule has 0 radical (unpaired) electrons. The summed E-state index contributed by atoms with van der Waals surface area (Å²) in [5, 5.41) is 10.3. The summed E-state index contributed by atoms with van der Waals surface area (Å²) in [6.07, 6.45) is 8.47. The van der Waals surface area contributed by atoms with Gasteiger partial charge in [-0.15, -0.1) is 0 Å². The first-order valence-corrected chi connectivity index (χ1v) is 8.20. The monoisotopic (exact) mass is 278 g/mol. The van der Waals surface area contributed by atoms with Crippen molar-refractivity contribution in [2.75, 3.05) is 0 Å². The minimum Gasteiger partial charge on any atom is -0.388 e. The van der Waals surface area contributed by atoms with E-state index in [1.54, 1.807) is 11.8 Å². The highest BCUT2D eigenvalue weighted by atomic mass is 32.2. The van der Waals surface area contributed by atoms with E-state index in [2.05, 4.69) is 32.1 Å². The van der Waals surface area contributed by atoms with Gasteiger partial charge in [0.1, 0.15) is 0 Å². The topological polar surface area (TPSA) is 20.2 Å². The van der Waals surface area contributed by atoms with Crippen molar-refractivity contribution in [1.82, 2.24) is 0 Å². The molecule has 2 heteroatoms. The molecule has 1 N–H and O–H groups in total. The first-order valence-electron chi connectivity index (χ1n) is 7.39. The number of benzene rings is 1. The zero-order valence-electron chi connectivity index (χ0n) is 12.1. The predicted octanol–water partition coefficient (Wildman–Crippen LogP) is 5.40. The van der Waals surface area contributed by atoms with Gasteiger partial charge in [-0.1, -0.05) is 75.6 Å². The van der Waals surface area contributed by atoms with E-state index >= 15 is 0 Å². The highest BCUT2D eigenvalue weighted by Gasteiger charge is 2.11. The standard InChI is InChI=1S/C17H26OS/c1-3-5-8-14-17(16(18)13-6-4-2)19-15-11-9-7-10-12-15/h7,9-12,14,16,18H,3-6,8,13H2,1-2H3/b17-14-. The summed E-state index contributed by atoms with van der Waals surface area (Å²) in [7, 11) is 0. The SMILES string of the molecule is CCCC/C=C(\Sc1ccccc1)C(O)CCCC. The molecular formula is C17H26OS. The molecule has 106 valence electrons. The highest BCUT2D eigenvalue weighted by molar-refractivity contribution is 8.03. The zero-order chi connectivity index (χ0) is 13.9. The van der Waals surface area contributed by atoms with E-state index in [1.165, 1.54) is 17.7 Å². The van der Waals surface area contributed by atoms with Gasteiger partial charge < -0.3 is 5.11 Å². The highest BCUT2D eigenvalue weighted by Crippen LogP contribution is 2.31. The van der Waals surface area contributed by atoms with E-state index in [4.69, 9.17) is 0 Å². The third-order valence-corrected chi connectivity index (χ3v) is 4.22. The third-order valence-electron chi connectivity index (χ3n) is 3.04. The first kappa shape index (κ1) is 16.3. The van der Waals surface area contributed by atoms with Gasteiger partial charge >= 0.3 is 0 Å². The molecule has 1 nitrogen and oxygen atoms in total. The van der Waals surface area contributed by atoms with Crippen molar-refractivity contribution in [2.45, 2.75) is 63.4 Å². The van der Waals surface area contributed by atoms with Crippen LogP contribution in [0.25, 0.3) is 0 Å². The molecule has 1 aromatic rings. The Labute approximate surface area is 122 Å². The number of hydrogen-bond donors (Lipinski definition) is 1. The number of aliphatic hydroxyl groups excluding tert-OH is 1. The summed E-state index contributed by atoms with van der Waals surface area (Å²) in [6.45, 7) is 4.36. The Balaban J connectivity index is 2.65. The second-order valence-electron chi connectivity index (χ2n) is 4.82. The predicted molar refractivity (Wildman–Crippen MR) is 85.4 cm³/mol.